The van der Waals surface area contributed by atoms with Gasteiger partial charge in [-0.1, -0.05) is 30.3 Å². The van der Waals surface area contributed by atoms with Crippen LogP contribution in [0.5, 0.6) is 0 Å². The van der Waals surface area contributed by atoms with Gasteiger partial charge in [-0.05, 0) is 36.2 Å². The summed E-state index contributed by atoms with van der Waals surface area (Å²) in [5.41, 5.74) is 8.90. The maximum absolute atomic E-state index is 12.8. The summed E-state index contributed by atoms with van der Waals surface area (Å²) >= 11 is 0. The molecule has 4 nitrogen and oxygen atoms in total. The van der Waals surface area contributed by atoms with Crippen molar-refractivity contribution in [1.29, 1.82) is 0 Å². The highest BCUT2D eigenvalue weighted by molar-refractivity contribution is 5.89. The number of rotatable bonds is 5. The molecule has 0 saturated heterocycles. The molecule has 3 aromatic rings. The average Bonchev–Trinajstić information content (AvgIpc) is 2.57. The Hall–Kier alpha value is -2.95. The zero-order valence-corrected chi connectivity index (χ0v) is 13.1. The van der Waals surface area contributed by atoms with Gasteiger partial charge in [-0.15, -0.1) is 0 Å². The second kappa shape index (κ2) is 7.08. The lowest BCUT2D eigenvalue weighted by molar-refractivity contribution is -0.120. The number of para-hydroxylation sites is 1. The Balaban J connectivity index is 1.56. The second-order valence-electron chi connectivity index (χ2n) is 5.62. The van der Waals surface area contributed by atoms with Gasteiger partial charge in [0.15, 0.2) is 0 Å². The van der Waals surface area contributed by atoms with Crippen molar-refractivity contribution < 1.29 is 9.18 Å². The van der Waals surface area contributed by atoms with Gasteiger partial charge in [0.05, 0.1) is 23.3 Å². The van der Waals surface area contributed by atoms with Crippen molar-refractivity contribution in [2.45, 2.75) is 12.8 Å². The van der Waals surface area contributed by atoms with Crippen LogP contribution in [0.15, 0.2) is 54.6 Å². The lowest BCUT2D eigenvalue weighted by Gasteiger charge is -2.07. The first kappa shape index (κ1) is 15.9. The number of hydrogen-bond donors (Lipinski definition) is 2. The number of hydrogen-bond acceptors (Lipinski definition) is 3. The molecule has 0 radical (unpaired) electrons. The fourth-order valence-corrected chi connectivity index (χ4v) is 2.53. The van der Waals surface area contributed by atoms with E-state index >= 15 is 0 Å². The summed E-state index contributed by atoms with van der Waals surface area (Å²) < 4.78 is 12.8. The quantitative estimate of drug-likeness (QED) is 0.710. The SMILES string of the molecule is Nc1cccc2ccc(CC(=O)NCCc3ccc(F)cc3)nc12. The molecule has 1 amide bonds. The van der Waals surface area contributed by atoms with Crippen LogP contribution in [0.3, 0.4) is 0 Å². The van der Waals surface area contributed by atoms with E-state index in [-0.39, 0.29) is 18.1 Å². The largest absolute Gasteiger partial charge is 0.397 e. The maximum Gasteiger partial charge on any atom is 0.226 e. The number of fused-ring (bicyclic) bond motifs is 1. The van der Waals surface area contributed by atoms with E-state index in [1.165, 1.54) is 12.1 Å². The number of nitrogens with two attached hydrogens (primary N) is 1. The van der Waals surface area contributed by atoms with E-state index in [1.54, 1.807) is 18.2 Å². The molecule has 0 fully saturated rings. The van der Waals surface area contributed by atoms with Gasteiger partial charge in [0.25, 0.3) is 0 Å². The van der Waals surface area contributed by atoms with Crippen molar-refractivity contribution in [3.63, 3.8) is 0 Å². The van der Waals surface area contributed by atoms with Gasteiger partial charge in [-0.25, -0.2) is 4.39 Å². The van der Waals surface area contributed by atoms with Gasteiger partial charge in [-0.3, -0.25) is 9.78 Å². The van der Waals surface area contributed by atoms with Crippen LogP contribution in [0.1, 0.15) is 11.3 Å². The van der Waals surface area contributed by atoms with E-state index in [1.807, 2.05) is 24.3 Å². The Morgan fingerprint density at radius 2 is 1.88 bits per heavy atom. The molecule has 2 aromatic carbocycles. The molecule has 0 saturated carbocycles. The van der Waals surface area contributed by atoms with Gasteiger partial charge in [0.1, 0.15) is 5.82 Å². The van der Waals surface area contributed by atoms with Gasteiger partial charge >= 0.3 is 0 Å². The first-order valence-corrected chi connectivity index (χ1v) is 7.77. The number of carbonyl (C=O) groups excluding carboxylic acids is 1. The van der Waals surface area contributed by atoms with E-state index in [0.717, 1.165) is 10.9 Å². The Bertz CT molecular complexity index is 862. The minimum absolute atomic E-state index is 0.0986. The zero-order valence-electron chi connectivity index (χ0n) is 13.1. The number of benzene rings is 2. The fraction of sp³-hybridized carbons (Fsp3) is 0.158. The molecule has 5 heteroatoms. The molecule has 24 heavy (non-hydrogen) atoms. The van der Waals surface area contributed by atoms with E-state index < -0.39 is 0 Å². The summed E-state index contributed by atoms with van der Waals surface area (Å²) in [5, 5.41) is 3.81. The Kier molecular flexibility index (Phi) is 4.70. The molecule has 1 aromatic heterocycles. The molecule has 0 bridgehead atoms. The van der Waals surface area contributed by atoms with Crippen molar-refractivity contribution in [1.82, 2.24) is 10.3 Å². The third kappa shape index (κ3) is 3.87. The number of anilines is 1. The van der Waals surface area contributed by atoms with E-state index in [0.29, 0.717) is 29.9 Å². The van der Waals surface area contributed by atoms with Gasteiger partial charge in [0.2, 0.25) is 5.91 Å². The van der Waals surface area contributed by atoms with Crippen LogP contribution >= 0.6 is 0 Å². The van der Waals surface area contributed by atoms with E-state index in [4.69, 9.17) is 5.73 Å². The Morgan fingerprint density at radius 1 is 1.08 bits per heavy atom. The standard InChI is InChI=1S/C19H18FN3O/c20-15-7-4-13(5-8-15)10-11-22-18(24)12-16-9-6-14-2-1-3-17(21)19(14)23-16/h1-9H,10-12,21H2,(H,22,24). The molecule has 0 aliphatic carbocycles. The molecule has 0 aliphatic rings. The molecule has 3 rings (SSSR count). The van der Waals surface area contributed by atoms with Crippen LogP contribution < -0.4 is 11.1 Å². The summed E-state index contributed by atoms with van der Waals surface area (Å²) in [5.74, 6) is -0.358. The van der Waals surface area contributed by atoms with E-state index in [2.05, 4.69) is 10.3 Å². The highest BCUT2D eigenvalue weighted by Crippen LogP contribution is 2.18. The number of pyridine rings is 1. The maximum atomic E-state index is 12.8. The molecular weight excluding hydrogens is 305 g/mol. The highest BCUT2D eigenvalue weighted by atomic mass is 19.1. The van der Waals surface area contributed by atoms with Crippen LogP contribution in [0, 0.1) is 5.82 Å². The van der Waals surface area contributed by atoms with Crippen LogP contribution in [0.2, 0.25) is 0 Å². The molecule has 1 heterocycles. The molecule has 0 atom stereocenters. The molecular formula is C19H18FN3O. The molecule has 3 N–H and O–H groups in total. The third-order valence-corrected chi connectivity index (χ3v) is 3.80. The van der Waals surface area contributed by atoms with Crippen LogP contribution in [-0.2, 0) is 17.6 Å². The lowest BCUT2D eigenvalue weighted by Crippen LogP contribution is -2.27. The molecule has 0 unspecified atom stereocenters. The minimum Gasteiger partial charge on any atom is -0.397 e. The van der Waals surface area contributed by atoms with Crippen molar-refractivity contribution in [3.8, 4) is 0 Å². The Morgan fingerprint density at radius 3 is 2.67 bits per heavy atom. The minimum atomic E-state index is -0.260. The summed E-state index contributed by atoms with van der Waals surface area (Å²) in [6.07, 6.45) is 0.859. The zero-order chi connectivity index (χ0) is 16.9. The van der Waals surface area contributed by atoms with Gasteiger partial charge in [0, 0.05) is 11.9 Å². The predicted molar refractivity (Wildman–Crippen MR) is 93.0 cm³/mol. The number of carbonyl (C=O) groups is 1. The van der Waals surface area contributed by atoms with E-state index in [9.17, 15) is 9.18 Å². The second-order valence-corrected chi connectivity index (χ2v) is 5.62. The van der Waals surface area contributed by atoms with Crippen molar-refractivity contribution >= 4 is 22.5 Å². The van der Waals surface area contributed by atoms with Crippen LogP contribution in [0.25, 0.3) is 10.9 Å². The highest BCUT2D eigenvalue weighted by Gasteiger charge is 2.07. The van der Waals surface area contributed by atoms with Gasteiger partial charge < -0.3 is 11.1 Å². The number of nitrogen functional groups attached to an aromatic ring is 1. The first-order chi connectivity index (χ1) is 11.6. The van der Waals surface area contributed by atoms with Crippen molar-refractivity contribution in [2.24, 2.45) is 0 Å². The number of amides is 1. The number of aromatic nitrogens is 1. The molecule has 0 spiro atoms. The van der Waals surface area contributed by atoms with Crippen LogP contribution in [0.4, 0.5) is 10.1 Å². The molecule has 122 valence electrons. The summed E-state index contributed by atoms with van der Waals surface area (Å²) in [6, 6.07) is 15.6. The van der Waals surface area contributed by atoms with Crippen molar-refractivity contribution in [2.75, 3.05) is 12.3 Å². The Labute approximate surface area is 139 Å². The fourth-order valence-electron chi connectivity index (χ4n) is 2.53. The number of halogens is 1. The average molecular weight is 323 g/mol. The normalized spacial score (nSPS) is 10.7. The smallest absolute Gasteiger partial charge is 0.226 e. The summed E-state index contributed by atoms with van der Waals surface area (Å²) in [7, 11) is 0. The monoisotopic (exact) mass is 323 g/mol. The van der Waals surface area contributed by atoms with Gasteiger partial charge in [-0.2, -0.15) is 0 Å². The predicted octanol–water partition coefficient (Wildman–Crippen LogP) is 2.86. The topological polar surface area (TPSA) is 68.0 Å². The lowest BCUT2D eigenvalue weighted by atomic mass is 10.1. The third-order valence-electron chi connectivity index (χ3n) is 3.80. The van der Waals surface area contributed by atoms with Crippen LogP contribution in [-0.4, -0.2) is 17.4 Å². The first-order valence-electron chi connectivity index (χ1n) is 7.77. The van der Waals surface area contributed by atoms with Crippen molar-refractivity contribution in [3.05, 3.63) is 71.7 Å². The summed E-state index contributed by atoms with van der Waals surface area (Å²) in [4.78, 5) is 16.5. The number of nitrogens with one attached hydrogen (secondary N) is 1. The number of nitrogens with zero attached hydrogens (tertiary/aromatic N) is 1. The molecule has 0 aliphatic heterocycles. The summed E-state index contributed by atoms with van der Waals surface area (Å²) in [6.45, 7) is 0.500.